The van der Waals surface area contributed by atoms with Gasteiger partial charge in [0.25, 0.3) is 0 Å². The van der Waals surface area contributed by atoms with E-state index >= 15 is 0 Å². The van der Waals surface area contributed by atoms with E-state index in [2.05, 4.69) is 5.32 Å². The van der Waals surface area contributed by atoms with Gasteiger partial charge >= 0.3 is 0 Å². The number of carbonyl (C=O) groups is 1. The monoisotopic (exact) mass is 258 g/mol. The van der Waals surface area contributed by atoms with Gasteiger partial charge in [-0.2, -0.15) is 0 Å². The number of fused-ring (bicyclic) bond motifs is 2. The number of amides is 1. The Morgan fingerprint density at radius 1 is 1.06 bits per heavy atom. The lowest BCUT2D eigenvalue weighted by molar-refractivity contribution is -0.125. The van der Waals surface area contributed by atoms with Gasteiger partial charge in [0.05, 0.1) is 0 Å². The van der Waals surface area contributed by atoms with E-state index < -0.39 is 0 Å². The van der Waals surface area contributed by atoms with Gasteiger partial charge in [0, 0.05) is 18.0 Å². The molecule has 1 amide bonds. The summed E-state index contributed by atoms with van der Waals surface area (Å²) in [6.45, 7) is 0. The number of halogens is 1. The highest BCUT2D eigenvalue weighted by molar-refractivity contribution is 5.85. The number of hydrogen-bond donors (Lipinski definition) is 2. The molecule has 0 saturated heterocycles. The third kappa shape index (κ3) is 2.60. The minimum Gasteiger partial charge on any atom is -0.353 e. The fourth-order valence-corrected chi connectivity index (χ4v) is 3.98. The van der Waals surface area contributed by atoms with Crippen LogP contribution in [-0.4, -0.2) is 18.0 Å². The Labute approximate surface area is 109 Å². The molecule has 3 nitrogen and oxygen atoms in total. The third-order valence-corrected chi connectivity index (χ3v) is 4.91. The van der Waals surface area contributed by atoms with Crippen LogP contribution in [0.15, 0.2) is 0 Å². The fourth-order valence-electron chi connectivity index (χ4n) is 3.98. The molecule has 0 aliphatic heterocycles. The molecule has 0 aromatic rings. The average Bonchev–Trinajstić information content (AvgIpc) is 2.92. The topological polar surface area (TPSA) is 55.1 Å². The highest BCUT2D eigenvalue weighted by Crippen LogP contribution is 2.44. The minimum atomic E-state index is 0. The molecule has 5 atom stereocenters. The van der Waals surface area contributed by atoms with Crippen molar-refractivity contribution >= 4 is 18.3 Å². The predicted molar refractivity (Wildman–Crippen MR) is 69.9 cm³/mol. The van der Waals surface area contributed by atoms with Crippen LogP contribution in [0.5, 0.6) is 0 Å². The van der Waals surface area contributed by atoms with E-state index in [0.29, 0.717) is 6.04 Å². The Kier molecular flexibility index (Phi) is 3.99. The number of carbonyl (C=O) groups excluding carboxylic acids is 1. The molecule has 3 fully saturated rings. The summed E-state index contributed by atoms with van der Waals surface area (Å²) in [7, 11) is 0. The molecule has 5 unspecified atom stereocenters. The first-order valence-corrected chi connectivity index (χ1v) is 6.78. The lowest BCUT2D eigenvalue weighted by Crippen LogP contribution is -2.41. The van der Waals surface area contributed by atoms with Crippen LogP contribution >= 0.6 is 12.4 Å². The van der Waals surface area contributed by atoms with Crippen LogP contribution in [0.3, 0.4) is 0 Å². The van der Waals surface area contributed by atoms with Crippen molar-refractivity contribution in [3.8, 4) is 0 Å². The Morgan fingerprint density at radius 2 is 1.88 bits per heavy atom. The first kappa shape index (κ1) is 13.2. The molecule has 0 heterocycles. The normalized spacial score (nSPS) is 43.5. The highest BCUT2D eigenvalue weighted by atomic mass is 35.5. The summed E-state index contributed by atoms with van der Waals surface area (Å²) >= 11 is 0. The van der Waals surface area contributed by atoms with Crippen molar-refractivity contribution in [2.45, 2.75) is 57.0 Å². The smallest absolute Gasteiger partial charge is 0.223 e. The third-order valence-electron chi connectivity index (χ3n) is 4.91. The van der Waals surface area contributed by atoms with Gasteiger partial charge in [-0.1, -0.05) is 6.42 Å². The SMILES string of the molecule is Cl.NC1CCC(C(=O)NC2CC3CCC2C3)C1. The van der Waals surface area contributed by atoms with Crippen LogP contribution in [0.25, 0.3) is 0 Å². The van der Waals surface area contributed by atoms with E-state index in [1.54, 1.807) is 0 Å². The molecule has 0 aromatic heterocycles. The standard InChI is InChI=1S/C13H22N2O.ClH/c14-11-4-3-10(7-11)13(16)15-12-6-8-1-2-9(12)5-8;/h8-12H,1-7,14H2,(H,15,16);1H. The van der Waals surface area contributed by atoms with Gasteiger partial charge in [0.2, 0.25) is 5.91 Å². The first-order valence-electron chi connectivity index (χ1n) is 6.78. The Balaban J connectivity index is 0.00000108. The van der Waals surface area contributed by atoms with Crippen LogP contribution in [0.4, 0.5) is 0 Å². The van der Waals surface area contributed by atoms with Crippen LogP contribution < -0.4 is 11.1 Å². The van der Waals surface area contributed by atoms with E-state index in [0.717, 1.165) is 31.1 Å². The van der Waals surface area contributed by atoms with Crippen LogP contribution in [0.1, 0.15) is 44.9 Å². The average molecular weight is 259 g/mol. The lowest BCUT2D eigenvalue weighted by atomic mass is 9.94. The van der Waals surface area contributed by atoms with Crippen molar-refractivity contribution in [1.29, 1.82) is 0 Å². The van der Waals surface area contributed by atoms with E-state index in [1.165, 1.54) is 25.7 Å². The summed E-state index contributed by atoms with van der Waals surface area (Å²) in [6.07, 6.45) is 8.23. The zero-order chi connectivity index (χ0) is 11.1. The molecule has 3 N–H and O–H groups in total. The zero-order valence-corrected chi connectivity index (χ0v) is 11.0. The Bertz CT molecular complexity index is 297. The van der Waals surface area contributed by atoms with Gasteiger partial charge in [-0.25, -0.2) is 0 Å². The number of hydrogen-bond acceptors (Lipinski definition) is 2. The van der Waals surface area contributed by atoms with Gasteiger partial charge in [0.1, 0.15) is 0 Å². The van der Waals surface area contributed by atoms with E-state index in [9.17, 15) is 4.79 Å². The number of rotatable bonds is 2. The summed E-state index contributed by atoms with van der Waals surface area (Å²) < 4.78 is 0. The highest BCUT2D eigenvalue weighted by Gasteiger charge is 2.41. The molecule has 0 aromatic carbocycles. The maximum absolute atomic E-state index is 12.1. The molecular formula is C13H23ClN2O. The molecule has 0 radical (unpaired) electrons. The van der Waals surface area contributed by atoms with Crippen LogP contribution in [0.2, 0.25) is 0 Å². The van der Waals surface area contributed by atoms with E-state index in [4.69, 9.17) is 5.73 Å². The van der Waals surface area contributed by atoms with Crippen molar-refractivity contribution in [2.24, 2.45) is 23.5 Å². The molecule has 3 rings (SSSR count). The molecule has 4 heteroatoms. The molecule has 98 valence electrons. The predicted octanol–water partition coefficient (Wildman–Crippen LogP) is 1.84. The molecule has 3 aliphatic carbocycles. The Morgan fingerprint density at radius 3 is 2.41 bits per heavy atom. The minimum absolute atomic E-state index is 0. The first-order chi connectivity index (χ1) is 7.72. The maximum atomic E-state index is 12.1. The number of nitrogens with one attached hydrogen (secondary N) is 1. The quantitative estimate of drug-likeness (QED) is 0.794. The summed E-state index contributed by atoms with van der Waals surface area (Å²) in [6, 6.07) is 0.749. The van der Waals surface area contributed by atoms with Crippen LogP contribution in [-0.2, 0) is 4.79 Å². The van der Waals surface area contributed by atoms with E-state index in [1.807, 2.05) is 0 Å². The van der Waals surface area contributed by atoms with Crippen molar-refractivity contribution in [1.82, 2.24) is 5.32 Å². The summed E-state index contributed by atoms with van der Waals surface area (Å²) in [5.74, 6) is 2.17. The largest absolute Gasteiger partial charge is 0.353 e. The van der Waals surface area contributed by atoms with Gasteiger partial charge in [0.15, 0.2) is 0 Å². The molecule has 17 heavy (non-hydrogen) atoms. The van der Waals surface area contributed by atoms with Gasteiger partial charge < -0.3 is 11.1 Å². The molecule has 3 saturated carbocycles. The van der Waals surface area contributed by atoms with Crippen molar-refractivity contribution in [3.05, 3.63) is 0 Å². The molecular weight excluding hydrogens is 236 g/mol. The fraction of sp³-hybridized carbons (Fsp3) is 0.923. The van der Waals surface area contributed by atoms with Gasteiger partial charge in [-0.05, 0) is 50.4 Å². The molecule has 0 spiro atoms. The van der Waals surface area contributed by atoms with Gasteiger partial charge in [-0.15, -0.1) is 12.4 Å². The zero-order valence-electron chi connectivity index (χ0n) is 10.2. The summed E-state index contributed by atoms with van der Waals surface area (Å²) in [5.41, 5.74) is 5.85. The number of nitrogens with two attached hydrogens (primary N) is 1. The molecule has 2 bridgehead atoms. The lowest BCUT2D eigenvalue weighted by Gasteiger charge is -2.24. The van der Waals surface area contributed by atoms with Crippen molar-refractivity contribution in [3.63, 3.8) is 0 Å². The second-order valence-electron chi connectivity index (χ2n) is 6.06. The molecule has 3 aliphatic rings. The summed E-state index contributed by atoms with van der Waals surface area (Å²) in [4.78, 5) is 12.1. The van der Waals surface area contributed by atoms with Crippen LogP contribution in [0, 0.1) is 17.8 Å². The summed E-state index contributed by atoms with van der Waals surface area (Å²) in [5, 5.41) is 3.28. The van der Waals surface area contributed by atoms with Crippen molar-refractivity contribution in [2.75, 3.05) is 0 Å². The van der Waals surface area contributed by atoms with Gasteiger partial charge in [-0.3, -0.25) is 4.79 Å². The second-order valence-corrected chi connectivity index (χ2v) is 6.06. The Hall–Kier alpha value is -0.280. The maximum Gasteiger partial charge on any atom is 0.223 e. The second kappa shape index (κ2) is 5.15. The van der Waals surface area contributed by atoms with Crippen molar-refractivity contribution < 1.29 is 4.79 Å². The van der Waals surface area contributed by atoms with E-state index in [-0.39, 0.29) is 30.3 Å².